The maximum absolute atomic E-state index is 12.5. The molecular weight excluding hydrogens is 320 g/mol. The molecule has 1 N–H and O–H groups in total. The standard InChI is InChI=1S/C18H18N4O3/c1-2-25-18-15(9-6-12-19-18)20-17(24)14-10-11-16(23)22(21-14)13-7-4-3-5-8-13/h3-9,12H,2,10-11H2,1H3,(H,20,24). The Morgan fingerprint density at radius 1 is 1.20 bits per heavy atom. The summed E-state index contributed by atoms with van der Waals surface area (Å²) in [4.78, 5) is 28.8. The van der Waals surface area contributed by atoms with Gasteiger partial charge in [-0.25, -0.2) is 9.99 Å². The molecule has 0 atom stereocenters. The van der Waals surface area contributed by atoms with E-state index >= 15 is 0 Å². The maximum atomic E-state index is 12.5. The fourth-order valence-corrected chi connectivity index (χ4v) is 2.42. The number of rotatable bonds is 5. The van der Waals surface area contributed by atoms with E-state index in [1.165, 1.54) is 5.01 Å². The number of nitrogens with zero attached hydrogens (tertiary/aromatic N) is 3. The number of amides is 2. The lowest BCUT2D eigenvalue weighted by Gasteiger charge is -2.23. The molecule has 3 rings (SSSR count). The second-order valence-electron chi connectivity index (χ2n) is 5.33. The highest BCUT2D eigenvalue weighted by Gasteiger charge is 2.26. The van der Waals surface area contributed by atoms with Gasteiger partial charge in [-0.3, -0.25) is 9.59 Å². The van der Waals surface area contributed by atoms with Crippen molar-refractivity contribution in [2.75, 3.05) is 16.9 Å². The van der Waals surface area contributed by atoms with Crippen LogP contribution < -0.4 is 15.1 Å². The summed E-state index contributed by atoms with van der Waals surface area (Å²) >= 11 is 0. The summed E-state index contributed by atoms with van der Waals surface area (Å²) in [6.07, 6.45) is 2.11. The highest BCUT2D eigenvalue weighted by atomic mass is 16.5. The molecular formula is C18H18N4O3. The number of aromatic nitrogens is 1. The fraction of sp³-hybridized carbons (Fsp3) is 0.222. The van der Waals surface area contributed by atoms with Crippen molar-refractivity contribution in [3.63, 3.8) is 0 Å². The molecule has 2 amide bonds. The molecule has 0 unspecified atom stereocenters. The van der Waals surface area contributed by atoms with E-state index in [-0.39, 0.29) is 30.4 Å². The van der Waals surface area contributed by atoms with Crippen LogP contribution in [-0.4, -0.2) is 29.1 Å². The summed E-state index contributed by atoms with van der Waals surface area (Å²) in [6.45, 7) is 2.28. The minimum absolute atomic E-state index is 0.140. The normalized spacial score (nSPS) is 14.0. The van der Waals surface area contributed by atoms with Crippen molar-refractivity contribution in [3.8, 4) is 5.88 Å². The Labute approximate surface area is 145 Å². The van der Waals surface area contributed by atoms with E-state index in [0.29, 0.717) is 23.9 Å². The average molecular weight is 338 g/mol. The first kappa shape index (κ1) is 16.6. The van der Waals surface area contributed by atoms with Gasteiger partial charge in [0.05, 0.1) is 12.3 Å². The molecule has 0 spiro atoms. The summed E-state index contributed by atoms with van der Waals surface area (Å²) in [5.41, 5.74) is 1.39. The number of nitrogens with one attached hydrogen (secondary N) is 1. The molecule has 25 heavy (non-hydrogen) atoms. The number of benzene rings is 1. The number of hydrazone groups is 1. The monoisotopic (exact) mass is 338 g/mol. The maximum Gasteiger partial charge on any atom is 0.272 e. The zero-order valence-electron chi connectivity index (χ0n) is 13.8. The van der Waals surface area contributed by atoms with Crippen LogP contribution in [0, 0.1) is 0 Å². The van der Waals surface area contributed by atoms with Crippen molar-refractivity contribution in [2.24, 2.45) is 5.10 Å². The third-order valence-corrected chi connectivity index (χ3v) is 3.60. The van der Waals surface area contributed by atoms with Gasteiger partial charge in [0, 0.05) is 19.0 Å². The van der Waals surface area contributed by atoms with E-state index in [1.54, 1.807) is 30.5 Å². The van der Waals surface area contributed by atoms with E-state index in [2.05, 4.69) is 15.4 Å². The lowest BCUT2D eigenvalue weighted by atomic mass is 10.1. The molecule has 0 saturated heterocycles. The Kier molecular flexibility index (Phi) is 5.03. The third kappa shape index (κ3) is 3.82. The molecule has 7 heteroatoms. The Balaban J connectivity index is 1.81. The smallest absolute Gasteiger partial charge is 0.272 e. The van der Waals surface area contributed by atoms with Gasteiger partial charge in [0.25, 0.3) is 5.91 Å². The Bertz CT molecular complexity index is 805. The first-order valence-electron chi connectivity index (χ1n) is 8.03. The average Bonchev–Trinajstić information content (AvgIpc) is 2.64. The second-order valence-corrected chi connectivity index (χ2v) is 5.33. The number of carbonyl (C=O) groups is 2. The molecule has 0 aliphatic carbocycles. The number of para-hydroxylation sites is 1. The van der Waals surface area contributed by atoms with Gasteiger partial charge in [-0.2, -0.15) is 5.10 Å². The molecule has 0 saturated carbocycles. The number of ether oxygens (including phenoxy) is 1. The van der Waals surface area contributed by atoms with Gasteiger partial charge in [0.15, 0.2) is 0 Å². The van der Waals surface area contributed by atoms with Crippen molar-refractivity contribution in [1.82, 2.24) is 4.98 Å². The number of carbonyl (C=O) groups excluding carboxylic acids is 2. The molecule has 7 nitrogen and oxygen atoms in total. The van der Waals surface area contributed by atoms with Crippen molar-refractivity contribution < 1.29 is 14.3 Å². The van der Waals surface area contributed by atoms with E-state index in [0.717, 1.165) is 0 Å². The summed E-state index contributed by atoms with van der Waals surface area (Å²) in [5, 5.41) is 8.26. The molecule has 0 bridgehead atoms. The second kappa shape index (κ2) is 7.57. The quantitative estimate of drug-likeness (QED) is 0.908. The van der Waals surface area contributed by atoms with Crippen molar-refractivity contribution in [2.45, 2.75) is 19.8 Å². The van der Waals surface area contributed by atoms with Gasteiger partial charge in [0.1, 0.15) is 11.4 Å². The molecule has 1 aliphatic heterocycles. The highest BCUT2D eigenvalue weighted by Crippen LogP contribution is 2.23. The van der Waals surface area contributed by atoms with Crippen LogP contribution in [0.2, 0.25) is 0 Å². The lowest BCUT2D eigenvalue weighted by Crippen LogP contribution is -2.36. The van der Waals surface area contributed by atoms with Crippen LogP contribution >= 0.6 is 0 Å². The number of anilines is 2. The summed E-state index contributed by atoms with van der Waals surface area (Å²) in [7, 11) is 0. The van der Waals surface area contributed by atoms with Crippen molar-refractivity contribution in [1.29, 1.82) is 0 Å². The minimum Gasteiger partial charge on any atom is -0.476 e. The van der Waals surface area contributed by atoms with Gasteiger partial charge in [-0.1, -0.05) is 18.2 Å². The zero-order valence-corrected chi connectivity index (χ0v) is 13.8. The van der Waals surface area contributed by atoms with Crippen LogP contribution in [0.1, 0.15) is 19.8 Å². The molecule has 1 aliphatic rings. The number of hydrogen-bond donors (Lipinski definition) is 1. The minimum atomic E-state index is -0.373. The van der Waals surface area contributed by atoms with Crippen LogP contribution in [-0.2, 0) is 9.59 Å². The van der Waals surface area contributed by atoms with Gasteiger partial charge in [-0.15, -0.1) is 0 Å². The largest absolute Gasteiger partial charge is 0.476 e. The fourth-order valence-electron chi connectivity index (χ4n) is 2.42. The molecule has 1 aromatic heterocycles. The Morgan fingerprint density at radius 2 is 2.00 bits per heavy atom. The number of hydrogen-bond acceptors (Lipinski definition) is 5. The predicted molar refractivity (Wildman–Crippen MR) is 94.6 cm³/mol. The van der Waals surface area contributed by atoms with E-state index < -0.39 is 0 Å². The topological polar surface area (TPSA) is 83.9 Å². The van der Waals surface area contributed by atoms with Gasteiger partial charge in [0.2, 0.25) is 11.8 Å². The molecule has 2 aromatic rings. The van der Waals surface area contributed by atoms with Crippen LogP contribution in [0.3, 0.4) is 0 Å². The first-order chi connectivity index (χ1) is 12.2. The summed E-state index contributed by atoms with van der Waals surface area (Å²) in [5.74, 6) is -0.160. The van der Waals surface area contributed by atoms with Crippen LogP contribution in [0.25, 0.3) is 0 Å². The molecule has 128 valence electrons. The third-order valence-electron chi connectivity index (χ3n) is 3.60. The molecule has 2 heterocycles. The van der Waals surface area contributed by atoms with Gasteiger partial charge < -0.3 is 10.1 Å². The Morgan fingerprint density at radius 3 is 2.76 bits per heavy atom. The van der Waals surface area contributed by atoms with Gasteiger partial charge in [-0.05, 0) is 31.2 Å². The lowest BCUT2D eigenvalue weighted by molar-refractivity contribution is -0.118. The zero-order chi connectivity index (χ0) is 17.6. The van der Waals surface area contributed by atoms with E-state index in [4.69, 9.17) is 4.74 Å². The summed E-state index contributed by atoms with van der Waals surface area (Å²) in [6, 6.07) is 12.5. The molecule has 1 aromatic carbocycles. The van der Waals surface area contributed by atoms with Crippen LogP contribution in [0.15, 0.2) is 53.8 Å². The van der Waals surface area contributed by atoms with E-state index in [9.17, 15) is 9.59 Å². The summed E-state index contributed by atoms with van der Waals surface area (Å²) < 4.78 is 5.40. The molecule has 0 fully saturated rings. The van der Waals surface area contributed by atoms with Crippen LogP contribution in [0.4, 0.5) is 11.4 Å². The number of pyridine rings is 1. The van der Waals surface area contributed by atoms with E-state index in [1.807, 2.05) is 25.1 Å². The first-order valence-corrected chi connectivity index (χ1v) is 8.03. The Hall–Kier alpha value is -3.22. The van der Waals surface area contributed by atoms with Gasteiger partial charge >= 0.3 is 0 Å². The van der Waals surface area contributed by atoms with Crippen molar-refractivity contribution in [3.05, 3.63) is 48.7 Å². The SMILES string of the molecule is CCOc1ncccc1NC(=O)C1=NN(c2ccccc2)C(=O)CC1. The van der Waals surface area contributed by atoms with Crippen LogP contribution in [0.5, 0.6) is 5.88 Å². The predicted octanol–water partition coefficient (Wildman–Crippen LogP) is 2.60. The highest BCUT2D eigenvalue weighted by molar-refractivity contribution is 6.44. The molecule has 0 radical (unpaired) electrons. The van der Waals surface area contributed by atoms with Crippen molar-refractivity contribution >= 4 is 28.9 Å².